The van der Waals surface area contributed by atoms with Crippen LogP contribution in [0.15, 0.2) is 0 Å². The first kappa shape index (κ1) is 9.49. The van der Waals surface area contributed by atoms with E-state index in [1.54, 1.807) is 0 Å². The Labute approximate surface area is 59.0 Å². The molecule has 0 unspecified atom stereocenters. The Morgan fingerprint density at radius 1 is 1.00 bits per heavy atom. The van der Waals surface area contributed by atoms with Gasteiger partial charge in [-0.1, -0.05) is 0 Å². The molecule has 0 aromatic heterocycles. The van der Waals surface area contributed by atoms with Crippen LogP contribution in [0.25, 0.3) is 0 Å². The van der Waals surface area contributed by atoms with Gasteiger partial charge in [-0.2, -0.15) is 0 Å². The first-order valence-corrected chi connectivity index (χ1v) is 0.707. The van der Waals surface area contributed by atoms with Crippen LogP contribution in [0.5, 0.6) is 0 Å². The summed E-state index contributed by atoms with van der Waals surface area (Å²) in [7, 11) is -2.92. The van der Waals surface area contributed by atoms with E-state index in [1.807, 2.05) is 0 Å². The van der Waals surface area contributed by atoms with Gasteiger partial charge in [-0.3, -0.25) is 7.32 Å². The minimum Gasteiger partial charge on any atom is -0.907 e. The summed E-state index contributed by atoms with van der Waals surface area (Å²) in [5.41, 5.74) is 0. The van der Waals surface area contributed by atoms with Crippen molar-refractivity contribution in [2.45, 2.75) is 0 Å². The zero-order valence-corrected chi connectivity index (χ0v) is 3.86. The quantitative estimate of drug-likeness (QED) is 0.397. The Morgan fingerprint density at radius 3 is 1.00 bits per heavy atom. The molecule has 0 aromatic carbocycles. The van der Waals surface area contributed by atoms with Crippen molar-refractivity contribution in [1.82, 2.24) is 0 Å². The van der Waals surface area contributed by atoms with E-state index in [0.717, 1.165) is 0 Å². The fourth-order valence-electron chi connectivity index (χ4n) is 0. The second kappa shape index (κ2) is 5.18. The van der Waals surface area contributed by atoms with Crippen molar-refractivity contribution in [3.05, 3.63) is 0 Å². The van der Waals surface area contributed by atoms with Crippen LogP contribution in [0.1, 0.15) is 0 Å². The Balaban J connectivity index is 0. The molecule has 0 saturated carbocycles. The van der Waals surface area contributed by atoms with Crippen LogP contribution in [-0.4, -0.2) is 7.32 Å². The van der Waals surface area contributed by atoms with Crippen molar-refractivity contribution >= 4 is 7.32 Å². The van der Waals surface area contributed by atoms with E-state index in [0.29, 0.717) is 0 Å². The van der Waals surface area contributed by atoms with Crippen LogP contribution >= 0.6 is 0 Å². The maximum absolute atomic E-state index is 8.42. The summed E-state index contributed by atoms with van der Waals surface area (Å²) in [5.74, 6) is 0. The first-order valence-electron chi connectivity index (χ1n) is 0.707. The summed E-state index contributed by atoms with van der Waals surface area (Å²) in [6, 6.07) is 0. The number of rotatable bonds is 0. The van der Waals surface area contributed by atoms with Gasteiger partial charge in [0.05, 0.1) is 0 Å². The van der Waals surface area contributed by atoms with Crippen molar-refractivity contribution in [2.24, 2.45) is 0 Å². The molecule has 0 bridgehead atoms. The van der Waals surface area contributed by atoms with Gasteiger partial charge in [0.1, 0.15) is 0 Å². The molecule has 0 aliphatic carbocycles. The predicted molar refractivity (Wildman–Crippen MR) is 5.75 cm³/mol. The van der Waals surface area contributed by atoms with Gasteiger partial charge in [0, 0.05) is 0 Å². The molecule has 0 aromatic rings. The Hall–Kier alpha value is 1.18. The molecule has 5 heavy (non-hydrogen) atoms. The molecule has 0 aliphatic rings. The normalized spacial score (nSPS) is 5.40. The van der Waals surface area contributed by atoms with Gasteiger partial charge in [0.25, 0.3) is 0 Å². The minimum atomic E-state index is -2.92. The second-order valence-corrected chi connectivity index (χ2v) is 0.289. The maximum Gasteiger partial charge on any atom is 3.00 e. The predicted octanol–water partition coefficient (Wildman–Crippen LogP) is -3.95. The summed E-state index contributed by atoms with van der Waals surface area (Å²) < 4.78 is 0. The Kier molecular flexibility index (Phi) is 9.83. The average molecular weight is 228 g/mol. The van der Waals surface area contributed by atoms with E-state index in [-0.39, 0.29) is 36.9 Å². The topological polar surface area (TPSA) is 69.2 Å². The van der Waals surface area contributed by atoms with Gasteiger partial charge in [-0.15, -0.1) is 0 Å². The Morgan fingerprint density at radius 2 is 1.00 bits per heavy atom. The molecule has 0 spiro atoms. The van der Waals surface area contributed by atoms with Gasteiger partial charge in [-0.25, -0.2) is 0 Å². The molecular formula is BO3Tm. The van der Waals surface area contributed by atoms with Gasteiger partial charge in [-0.05, 0) is 0 Å². The van der Waals surface area contributed by atoms with Gasteiger partial charge >= 0.3 is 36.9 Å². The largest absolute Gasteiger partial charge is 3.00 e. The Bertz CT molecular complexity index is 11.6. The smallest absolute Gasteiger partial charge is 0.907 e. The average Bonchev–Trinajstić information content (AvgIpc) is 0.811. The third-order valence-corrected chi connectivity index (χ3v) is 0. The van der Waals surface area contributed by atoms with E-state index in [9.17, 15) is 0 Å². The maximum atomic E-state index is 8.42. The molecule has 0 atom stereocenters. The van der Waals surface area contributed by atoms with Gasteiger partial charge < -0.3 is 15.1 Å². The molecule has 5 heteroatoms. The van der Waals surface area contributed by atoms with E-state index >= 15 is 0 Å². The van der Waals surface area contributed by atoms with Crippen LogP contribution in [0.2, 0.25) is 0 Å². The van der Waals surface area contributed by atoms with E-state index in [4.69, 9.17) is 15.1 Å². The van der Waals surface area contributed by atoms with Crippen molar-refractivity contribution in [3.8, 4) is 0 Å². The van der Waals surface area contributed by atoms with Crippen molar-refractivity contribution in [3.63, 3.8) is 0 Å². The van der Waals surface area contributed by atoms with Gasteiger partial charge in [0.2, 0.25) is 0 Å². The van der Waals surface area contributed by atoms with Crippen molar-refractivity contribution in [1.29, 1.82) is 0 Å². The zero-order valence-electron chi connectivity index (χ0n) is 2.08. The fraction of sp³-hybridized carbons (Fsp3) is 0. The number of hydrogen-bond acceptors (Lipinski definition) is 3. The summed E-state index contributed by atoms with van der Waals surface area (Å²) in [4.78, 5) is 0. The van der Waals surface area contributed by atoms with Crippen LogP contribution in [0.4, 0.5) is 0 Å². The molecule has 34 valence electrons. The minimum absolute atomic E-state index is 0. The van der Waals surface area contributed by atoms with Gasteiger partial charge in [0.15, 0.2) is 0 Å². The zero-order chi connectivity index (χ0) is 3.58. The molecule has 0 N–H and O–H groups in total. The molecular weight excluding hydrogens is 228 g/mol. The summed E-state index contributed by atoms with van der Waals surface area (Å²) >= 11 is 0. The van der Waals surface area contributed by atoms with Crippen LogP contribution in [-0.2, 0) is 0 Å². The monoisotopic (exact) mass is 228 g/mol. The SMILES string of the molecule is [O-]B([O-])[O-].[Tm+3]. The molecule has 0 heterocycles. The van der Waals surface area contributed by atoms with E-state index in [2.05, 4.69) is 0 Å². The standard InChI is InChI=1S/BO3.Tm/c2-1(3)4;/q-3;+3. The fourth-order valence-corrected chi connectivity index (χ4v) is 0. The molecule has 0 rings (SSSR count). The molecule has 0 amide bonds. The van der Waals surface area contributed by atoms with Crippen molar-refractivity contribution in [2.75, 3.05) is 0 Å². The summed E-state index contributed by atoms with van der Waals surface area (Å²) in [6.07, 6.45) is 0. The molecule has 0 fully saturated rings. The number of hydrogen-bond donors (Lipinski definition) is 0. The van der Waals surface area contributed by atoms with Crippen LogP contribution < -0.4 is 15.1 Å². The van der Waals surface area contributed by atoms with Crippen LogP contribution in [0, 0.1) is 36.9 Å². The van der Waals surface area contributed by atoms with E-state index < -0.39 is 7.32 Å². The molecule has 0 radical (unpaired) electrons. The summed E-state index contributed by atoms with van der Waals surface area (Å²) in [6.45, 7) is 0. The third kappa shape index (κ3) is 37.7. The first-order chi connectivity index (χ1) is 1.73. The van der Waals surface area contributed by atoms with Crippen molar-refractivity contribution < 1.29 is 51.9 Å². The van der Waals surface area contributed by atoms with Crippen LogP contribution in [0.3, 0.4) is 0 Å². The summed E-state index contributed by atoms with van der Waals surface area (Å²) in [5, 5.41) is 25.2. The molecule has 0 aliphatic heterocycles. The van der Waals surface area contributed by atoms with E-state index in [1.165, 1.54) is 0 Å². The second-order valence-electron chi connectivity index (χ2n) is 0.289. The molecule has 3 nitrogen and oxygen atoms in total. The third-order valence-electron chi connectivity index (χ3n) is 0. The molecule has 0 saturated heterocycles.